The Bertz CT molecular complexity index is 449. The summed E-state index contributed by atoms with van der Waals surface area (Å²) < 4.78 is 0. The molecule has 0 spiro atoms. The van der Waals surface area contributed by atoms with E-state index in [4.69, 9.17) is 5.73 Å². The fraction of sp³-hybridized carbons (Fsp3) is 0.588. The van der Waals surface area contributed by atoms with Gasteiger partial charge in [-0.3, -0.25) is 4.79 Å². The van der Waals surface area contributed by atoms with Crippen LogP contribution in [0.1, 0.15) is 51.3 Å². The van der Waals surface area contributed by atoms with Crippen LogP contribution in [0.4, 0.5) is 0 Å². The Hall–Kier alpha value is -1.35. The van der Waals surface area contributed by atoms with E-state index in [0.29, 0.717) is 6.54 Å². The maximum absolute atomic E-state index is 12.4. The van der Waals surface area contributed by atoms with E-state index in [-0.39, 0.29) is 23.3 Å². The van der Waals surface area contributed by atoms with Gasteiger partial charge in [0.2, 0.25) is 5.91 Å². The monoisotopic (exact) mass is 276 g/mol. The summed E-state index contributed by atoms with van der Waals surface area (Å²) in [6, 6.07) is 8.14. The lowest BCUT2D eigenvalue weighted by atomic mass is 9.84. The zero-order valence-electron chi connectivity index (χ0n) is 13.4. The highest BCUT2D eigenvalue weighted by atomic mass is 16.1. The van der Waals surface area contributed by atoms with Crippen LogP contribution in [0.2, 0.25) is 0 Å². The van der Waals surface area contributed by atoms with Crippen LogP contribution in [0.3, 0.4) is 0 Å². The minimum atomic E-state index is -0.124. The summed E-state index contributed by atoms with van der Waals surface area (Å²) in [7, 11) is 0. The first-order valence-electron chi connectivity index (χ1n) is 7.30. The van der Waals surface area contributed by atoms with E-state index in [2.05, 4.69) is 45.1 Å². The highest BCUT2D eigenvalue weighted by molar-refractivity contribution is 5.79. The molecule has 0 fully saturated rings. The van der Waals surface area contributed by atoms with Crippen molar-refractivity contribution in [1.29, 1.82) is 0 Å². The first-order valence-corrected chi connectivity index (χ1v) is 7.30. The zero-order valence-corrected chi connectivity index (χ0v) is 13.4. The van der Waals surface area contributed by atoms with Crippen molar-refractivity contribution in [2.75, 3.05) is 6.54 Å². The second kappa shape index (κ2) is 6.89. The Kier molecular flexibility index (Phi) is 5.75. The van der Waals surface area contributed by atoms with E-state index in [1.165, 1.54) is 5.56 Å². The number of carbonyl (C=O) groups is 1. The summed E-state index contributed by atoms with van der Waals surface area (Å²) >= 11 is 0. The second-order valence-electron chi connectivity index (χ2n) is 6.78. The molecule has 0 aliphatic carbocycles. The number of amides is 1. The van der Waals surface area contributed by atoms with Crippen molar-refractivity contribution in [3.05, 3.63) is 35.4 Å². The number of benzene rings is 1. The van der Waals surface area contributed by atoms with Gasteiger partial charge in [-0.2, -0.15) is 0 Å². The molecule has 1 unspecified atom stereocenters. The normalized spacial score (nSPS) is 14.7. The molecule has 0 saturated carbocycles. The molecule has 0 heterocycles. The van der Waals surface area contributed by atoms with Crippen LogP contribution >= 0.6 is 0 Å². The third-order valence-electron chi connectivity index (χ3n) is 3.53. The van der Waals surface area contributed by atoms with Crippen molar-refractivity contribution in [3.63, 3.8) is 0 Å². The van der Waals surface area contributed by atoms with Gasteiger partial charge in [-0.05, 0) is 36.8 Å². The SMILES string of the molecule is Cc1ccccc1[C@@H](C)NC(=O)C(CN)CC(C)(C)C. The first-order chi connectivity index (χ1) is 9.24. The molecule has 112 valence electrons. The predicted octanol–water partition coefficient (Wildman–Crippen LogP) is 3.18. The van der Waals surface area contributed by atoms with Crippen molar-refractivity contribution in [2.24, 2.45) is 17.1 Å². The van der Waals surface area contributed by atoms with Gasteiger partial charge >= 0.3 is 0 Å². The van der Waals surface area contributed by atoms with Crippen LogP contribution in [0.25, 0.3) is 0 Å². The van der Waals surface area contributed by atoms with E-state index >= 15 is 0 Å². The van der Waals surface area contributed by atoms with Crippen molar-refractivity contribution < 1.29 is 4.79 Å². The van der Waals surface area contributed by atoms with Gasteiger partial charge in [-0.15, -0.1) is 0 Å². The van der Waals surface area contributed by atoms with Crippen LogP contribution in [0.15, 0.2) is 24.3 Å². The van der Waals surface area contributed by atoms with Crippen LogP contribution in [0.5, 0.6) is 0 Å². The number of carbonyl (C=O) groups excluding carboxylic acids is 1. The van der Waals surface area contributed by atoms with Gasteiger partial charge in [0.25, 0.3) is 0 Å². The summed E-state index contributed by atoms with van der Waals surface area (Å²) in [5, 5.41) is 3.09. The number of nitrogens with two attached hydrogens (primary N) is 1. The number of aryl methyl sites for hydroxylation is 1. The van der Waals surface area contributed by atoms with Gasteiger partial charge in [0.15, 0.2) is 0 Å². The van der Waals surface area contributed by atoms with Crippen molar-refractivity contribution in [3.8, 4) is 0 Å². The lowest BCUT2D eigenvalue weighted by Crippen LogP contribution is -2.38. The standard InChI is InChI=1S/C17H28N2O/c1-12-8-6-7-9-15(12)13(2)19-16(20)14(11-18)10-17(3,4)5/h6-9,13-14H,10-11,18H2,1-5H3,(H,19,20)/t13-,14?/m1/s1. The van der Waals surface area contributed by atoms with Crippen LogP contribution < -0.4 is 11.1 Å². The molecule has 1 aromatic carbocycles. The van der Waals surface area contributed by atoms with Gasteiger partial charge in [-0.1, -0.05) is 45.0 Å². The van der Waals surface area contributed by atoms with E-state index < -0.39 is 0 Å². The van der Waals surface area contributed by atoms with Crippen molar-refractivity contribution >= 4 is 5.91 Å². The summed E-state index contributed by atoms with van der Waals surface area (Å²) in [5.41, 5.74) is 8.22. The molecule has 2 atom stereocenters. The molecule has 0 radical (unpaired) electrons. The van der Waals surface area contributed by atoms with E-state index in [1.807, 2.05) is 19.1 Å². The number of rotatable bonds is 5. The van der Waals surface area contributed by atoms with Gasteiger partial charge in [0, 0.05) is 6.54 Å². The van der Waals surface area contributed by atoms with Crippen LogP contribution in [0, 0.1) is 18.3 Å². The van der Waals surface area contributed by atoms with Crippen LogP contribution in [-0.2, 0) is 4.79 Å². The maximum Gasteiger partial charge on any atom is 0.224 e. The Balaban J connectivity index is 2.71. The molecule has 0 bridgehead atoms. The predicted molar refractivity (Wildman–Crippen MR) is 84.4 cm³/mol. The van der Waals surface area contributed by atoms with Crippen molar-refractivity contribution in [2.45, 2.75) is 47.1 Å². The molecule has 0 saturated heterocycles. The molecule has 0 aliphatic heterocycles. The van der Waals surface area contributed by atoms with Crippen LogP contribution in [-0.4, -0.2) is 12.5 Å². The van der Waals surface area contributed by atoms with E-state index in [0.717, 1.165) is 12.0 Å². The average molecular weight is 276 g/mol. The van der Waals surface area contributed by atoms with Gasteiger partial charge in [0.1, 0.15) is 0 Å². The highest BCUT2D eigenvalue weighted by Gasteiger charge is 2.25. The smallest absolute Gasteiger partial charge is 0.224 e. The Morgan fingerprint density at radius 1 is 1.30 bits per heavy atom. The van der Waals surface area contributed by atoms with Crippen molar-refractivity contribution in [1.82, 2.24) is 5.32 Å². The summed E-state index contributed by atoms with van der Waals surface area (Å²) in [6.45, 7) is 10.9. The van der Waals surface area contributed by atoms with Gasteiger partial charge in [-0.25, -0.2) is 0 Å². The lowest BCUT2D eigenvalue weighted by molar-refractivity contribution is -0.126. The Labute approximate surface area is 122 Å². The average Bonchev–Trinajstić information content (AvgIpc) is 2.35. The number of nitrogens with one attached hydrogen (secondary N) is 1. The third-order valence-corrected chi connectivity index (χ3v) is 3.53. The topological polar surface area (TPSA) is 55.1 Å². The number of hydrogen-bond acceptors (Lipinski definition) is 2. The first kappa shape index (κ1) is 16.7. The minimum absolute atomic E-state index is 0.0118. The second-order valence-corrected chi connectivity index (χ2v) is 6.78. The maximum atomic E-state index is 12.4. The molecule has 0 aliphatic rings. The molecule has 3 nitrogen and oxygen atoms in total. The minimum Gasteiger partial charge on any atom is -0.349 e. The number of hydrogen-bond donors (Lipinski definition) is 2. The fourth-order valence-electron chi connectivity index (χ4n) is 2.50. The molecule has 1 aromatic rings. The lowest BCUT2D eigenvalue weighted by Gasteiger charge is -2.26. The molecule has 3 heteroatoms. The molecule has 3 N–H and O–H groups in total. The molecular weight excluding hydrogens is 248 g/mol. The highest BCUT2D eigenvalue weighted by Crippen LogP contribution is 2.25. The molecular formula is C17H28N2O. The summed E-state index contributed by atoms with van der Waals surface area (Å²) in [5.74, 6) is -0.0698. The molecule has 20 heavy (non-hydrogen) atoms. The van der Waals surface area contributed by atoms with E-state index in [1.54, 1.807) is 0 Å². The molecule has 1 rings (SSSR count). The van der Waals surface area contributed by atoms with E-state index in [9.17, 15) is 4.79 Å². The quantitative estimate of drug-likeness (QED) is 0.868. The third kappa shape index (κ3) is 4.97. The Morgan fingerprint density at radius 2 is 1.90 bits per heavy atom. The summed E-state index contributed by atoms with van der Waals surface area (Å²) in [6.07, 6.45) is 0.801. The largest absolute Gasteiger partial charge is 0.349 e. The zero-order chi connectivity index (χ0) is 15.3. The molecule has 0 aromatic heterocycles. The van der Waals surface area contributed by atoms with Gasteiger partial charge < -0.3 is 11.1 Å². The Morgan fingerprint density at radius 3 is 2.40 bits per heavy atom. The molecule has 1 amide bonds. The fourth-order valence-corrected chi connectivity index (χ4v) is 2.50. The summed E-state index contributed by atoms with van der Waals surface area (Å²) in [4.78, 5) is 12.4. The van der Waals surface area contributed by atoms with Gasteiger partial charge in [0.05, 0.1) is 12.0 Å².